The number of oxazole rings is 1. The molecule has 1 saturated heterocycles. The molecule has 1 saturated carbocycles. The van der Waals surface area contributed by atoms with Gasteiger partial charge in [-0.15, -0.1) is 0 Å². The normalized spacial score (nSPS) is 20.2. The summed E-state index contributed by atoms with van der Waals surface area (Å²) >= 11 is 0. The van der Waals surface area contributed by atoms with Crippen LogP contribution in [0.1, 0.15) is 65.4 Å². The quantitative estimate of drug-likeness (QED) is 0.708. The number of benzene rings is 1. The van der Waals surface area contributed by atoms with Crippen LogP contribution in [0.25, 0.3) is 11.1 Å². The minimum Gasteiger partial charge on any atom is -0.440 e. The first kappa shape index (κ1) is 16.4. The van der Waals surface area contributed by atoms with Crippen molar-refractivity contribution >= 4 is 17.0 Å². The molecular weight excluding hydrogens is 340 g/mol. The smallest absolute Gasteiger partial charge is 0.272 e. The average Bonchev–Trinajstić information content (AvgIpc) is 3.45. The van der Waals surface area contributed by atoms with Gasteiger partial charge in [0.05, 0.1) is 5.92 Å². The van der Waals surface area contributed by atoms with Crippen LogP contribution < -0.4 is 0 Å². The Morgan fingerprint density at radius 3 is 2.78 bits per heavy atom. The maximum Gasteiger partial charge on any atom is 0.272 e. The molecule has 0 N–H and O–H groups in total. The molecular formula is C21H22N4O2. The largest absolute Gasteiger partial charge is 0.440 e. The van der Waals surface area contributed by atoms with E-state index in [-0.39, 0.29) is 11.8 Å². The Morgan fingerprint density at radius 2 is 1.96 bits per heavy atom. The topological polar surface area (TPSA) is 72.1 Å². The second-order valence-electron chi connectivity index (χ2n) is 7.64. The SMILES string of the molecule is Cc1cc(C(=O)N2CCCC(c3nc4ccccc4o3)C2)nc(C2CC2)n1. The van der Waals surface area contributed by atoms with Crippen LogP contribution in [-0.4, -0.2) is 38.8 Å². The van der Waals surface area contributed by atoms with E-state index in [2.05, 4.69) is 15.0 Å². The molecule has 2 aromatic heterocycles. The number of carbonyl (C=O) groups is 1. The number of nitrogens with zero attached hydrogens (tertiary/aromatic N) is 4. The lowest BCUT2D eigenvalue weighted by atomic mass is 9.97. The zero-order chi connectivity index (χ0) is 18.4. The van der Waals surface area contributed by atoms with Gasteiger partial charge in [0.2, 0.25) is 0 Å². The summed E-state index contributed by atoms with van der Waals surface area (Å²) in [4.78, 5) is 28.7. The van der Waals surface area contributed by atoms with Gasteiger partial charge in [0.15, 0.2) is 11.5 Å². The first-order valence-electron chi connectivity index (χ1n) is 9.68. The Hall–Kier alpha value is -2.76. The fraction of sp³-hybridized carbons (Fsp3) is 0.429. The average molecular weight is 362 g/mol. The van der Waals surface area contributed by atoms with Crippen molar-refractivity contribution in [2.24, 2.45) is 0 Å². The molecule has 27 heavy (non-hydrogen) atoms. The number of aromatic nitrogens is 3. The van der Waals surface area contributed by atoms with E-state index in [1.165, 1.54) is 0 Å². The van der Waals surface area contributed by atoms with Crippen molar-refractivity contribution in [3.05, 3.63) is 53.4 Å². The highest BCUT2D eigenvalue weighted by atomic mass is 16.3. The summed E-state index contributed by atoms with van der Waals surface area (Å²) in [6.45, 7) is 3.30. The molecule has 138 valence electrons. The van der Waals surface area contributed by atoms with Crippen molar-refractivity contribution < 1.29 is 9.21 Å². The molecule has 1 amide bonds. The summed E-state index contributed by atoms with van der Waals surface area (Å²) in [7, 11) is 0. The number of piperidine rings is 1. The van der Waals surface area contributed by atoms with Gasteiger partial charge in [0.25, 0.3) is 5.91 Å². The Labute approximate surface area is 157 Å². The number of rotatable bonds is 3. The summed E-state index contributed by atoms with van der Waals surface area (Å²) in [6.07, 6.45) is 4.17. The van der Waals surface area contributed by atoms with E-state index in [9.17, 15) is 4.79 Å². The minimum atomic E-state index is -0.0109. The molecule has 6 heteroatoms. The van der Waals surface area contributed by atoms with E-state index >= 15 is 0 Å². The third-order valence-electron chi connectivity index (χ3n) is 5.40. The number of hydrogen-bond acceptors (Lipinski definition) is 5. The molecule has 3 heterocycles. The lowest BCUT2D eigenvalue weighted by Crippen LogP contribution is -2.39. The van der Waals surface area contributed by atoms with Crippen LogP contribution in [0.15, 0.2) is 34.7 Å². The molecule has 1 aromatic carbocycles. The summed E-state index contributed by atoms with van der Waals surface area (Å²) in [6, 6.07) is 9.60. The fourth-order valence-corrected chi connectivity index (χ4v) is 3.81. The Morgan fingerprint density at radius 1 is 1.11 bits per heavy atom. The molecule has 2 fully saturated rings. The lowest BCUT2D eigenvalue weighted by molar-refractivity contribution is 0.0692. The van der Waals surface area contributed by atoms with E-state index < -0.39 is 0 Å². The van der Waals surface area contributed by atoms with Crippen molar-refractivity contribution in [3.63, 3.8) is 0 Å². The zero-order valence-electron chi connectivity index (χ0n) is 15.4. The molecule has 2 aliphatic rings. The first-order chi connectivity index (χ1) is 13.2. The second-order valence-corrected chi connectivity index (χ2v) is 7.64. The van der Waals surface area contributed by atoms with E-state index in [1.54, 1.807) is 6.07 Å². The predicted octanol–water partition coefficient (Wildman–Crippen LogP) is 3.82. The van der Waals surface area contributed by atoms with Gasteiger partial charge in [-0.1, -0.05) is 12.1 Å². The number of hydrogen-bond donors (Lipinski definition) is 0. The van der Waals surface area contributed by atoms with Crippen LogP contribution >= 0.6 is 0 Å². The molecule has 0 bridgehead atoms. The van der Waals surface area contributed by atoms with Crippen LogP contribution in [0.5, 0.6) is 0 Å². The molecule has 1 aliphatic carbocycles. The molecule has 6 nitrogen and oxygen atoms in total. The fourth-order valence-electron chi connectivity index (χ4n) is 3.81. The maximum atomic E-state index is 13.1. The van der Waals surface area contributed by atoms with Gasteiger partial charge in [-0.25, -0.2) is 15.0 Å². The summed E-state index contributed by atoms with van der Waals surface area (Å²) in [5.41, 5.74) is 3.05. The molecule has 1 atom stereocenters. The van der Waals surface area contributed by atoms with Crippen molar-refractivity contribution in [2.75, 3.05) is 13.1 Å². The number of carbonyl (C=O) groups excluding carboxylic acids is 1. The van der Waals surface area contributed by atoms with E-state index in [4.69, 9.17) is 4.42 Å². The molecule has 0 radical (unpaired) electrons. The highest BCUT2D eigenvalue weighted by Crippen LogP contribution is 2.38. The van der Waals surface area contributed by atoms with Crippen LogP contribution in [-0.2, 0) is 0 Å². The highest BCUT2D eigenvalue weighted by molar-refractivity contribution is 5.92. The zero-order valence-corrected chi connectivity index (χ0v) is 15.4. The molecule has 5 rings (SSSR count). The third kappa shape index (κ3) is 3.20. The molecule has 1 unspecified atom stereocenters. The number of para-hydroxylation sites is 2. The second kappa shape index (κ2) is 6.44. The van der Waals surface area contributed by atoms with Gasteiger partial charge in [0, 0.05) is 24.7 Å². The number of aryl methyl sites for hydroxylation is 1. The van der Waals surface area contributed by atoms with Crippen molar-refractivity contribution in [3.8, 4) is 0 Å². The van der Waals surface area contributed by atoms with Gasteiger partial charge < -0.3 is 9.32 Å². The first-order valence-corrected chi connectivity index (χ1v) is 9.68. The van der Waals surface area contributed by atoms with E-state index in [1.807, 2.05) is 36.1 Å². The standard InChI is InChI=1S/C21H22N4O2/c1-13-11-17(23-19(22-13)14-8-9-14)21(26)25-10-4-5-15(12-25)20-24-16-6-2-3-7-18(16)27-20/h2-3,6-7,11,14-15H,4-5,8-10,12H2,1H3. The third-order valence-corrected chi connectivity index (χ3v) is 5.40. The van der Waals surface area contributed by atoms with Crippen molar-refractivity contribution in [1.82, 2.24) is 19.9 Å². The summed E-state index contributed by atoms with van der Waals surface area (Å²) in [5, 5.41) is 0. The van der Waals surface area contributed by atoms with Crippen LogP contribution in [0.3, 0.4) is 0 Å². The summed E-state index contributed by atoms with van der Waals surface area (Å²) < 4.78 is 5.94. The van der Waals surface area contributed by atoms with Gasteiger partial charge in [-0.05, 0) is 50.8 Å². The van der Waals surface area contributed by atoms with Gasteiger partial charge in [-0.3, -0.25) is 4.79 Å². The highest BCUT2D eigenvalue weighted by Gasteiger charge is 2.31. The van der Waals surface area contributed by atoms with Crippen LogP contribution in [0.4, 0.5) is 0 Å². The van der Waals surface area contributed by atoms with Crippen LogP contribution in [0.2, 0.25) is 0 Å². The number of fused-ring (bicyclic) bond motifs is 1. The van der Waals surface area contributed by atoms with Gasteiger partial charge in [0.1, 0.15) is 17.0 Å². The Kier molecular flexibility index (Phi) is 3.92. The summed E-state index contributed by atoms with van der Waals surface area (Å²) in [5.74, 6) is 2.10. The number of amides is 1. The molecule has 0 spiro atoms. The van der Waals surface area contributed by atoms with E-state index in [0.717, 1.165) is 60.7 Å². The lowest BCUT2D eigenvalue weighted by Gasteiger charge is -2.31. The van der Waals surface area contributed by atoms with Crippen molar-refractivity contribution in [1.29, 1.82) is 0 Å². The number of likely N-dealkylation sites (tertiary alicyclic amines) is 1. The monoisotopic (exact) mass is 362 g/mol. The maximum absolute atomic E-state index is 13.1. The van der Waals surface area contributed by atoms with Crippen LogP contribution in [0, 0.1) is 6.92 Å². The predicted molar refractivity (Wildman–Crippen MR) is 101 cm³/mol. The Balaban J connectivity index is 1.38. The van der Waals surface area contributed by atoms with Gasteiger partial charge >= 0.3 is 0 Å². The Bertz CT molecular complexity index is 975. The van der Waals surface area contributed by atoms with E-state index in [0.29, 0.717) is 18.2 Å². The molecule has 1 aliphatic heterocycles. The van der Waals surface area contributed by atoms with Crippen molar-refractivity contribution in [2.45, 2.75) is 44.4 Å². The van der Waals surface area contributed by atoms with Gasteiger partial charge in [-0.2, -0.15) is 0 Å². The minimum absolute atomic E-state index is 0.0109. The molecule has 3 aromatic rings.